The van der Waals surface area contributed by atoms with Crippen molar-refractivity contribution < 1.29 is 9.84 Å². The van der Waals surface area contributed by atoms with E-state index in [1.54, 1.807) is 0 Å². The molecule has 1 fully saturated rings. The van der Waals surface area contributed by atoms with Gasteiger partial charge in [-0.25, -0.2) is 0 Å². The molecule has 2 heteroatoms. The van der Waals surface area contributed by atoms with Crippen LogP contribution in [0.3, 0.4) is 0 Å². The van der Waals surface area contributed by atoms with Crippen LogP contribution in [0.4, 0.5) is 0 Å². The van der Waals surface area contributed by atoms with Crippen LogP contribution in [-0.4, -0.2) is 24.4 Å². The Labute approximate surface area is 177 Å². The van der Waals surface area contributed by atoms with E-state index in [1.165, 1.54) is 122 Å². The van der Waals surface area contributed by atoms with E-state index in [0.29, 0.717) is 18.6 Å². The number of unbranched alkanes of at least 4 members (excludes halogenated alkanes) is 17. The molecule has 0 radical (unpaired) electrons. The van der Waals surface area contributed by atoms with Crippen molar-refractivity contribution in [1.29, 1.82) is 0 Å². The smallest absolute Gasteiger partial charge is 0.0625 e. The summed E-state index contributed by atoms with van der Waals surface area (Å²) >= 11 is 0. The van der Waals surface area contributed by atoms with Crippen molar-refractivity contribution in [3.8, 4) is 0 Å². The van der Waals surface area contributed by atoms with Gasteiger partial charge in [0.1, 0.15) is 0 Å². The molecule has 0 heterocycles. The SMILES string of the molecule is CCCCCCCCCCCCCCCCCCCCO[C@H]1CCC[C@H]1CO. The van der Waals surface area contributed by atoms with E-state index in [0.717, 1.165) is 19.4 Å². The van der Waals surface area contributed by atoms with Gasteiger partial charge in [0, 0.05) is 19.1 Å². The molecule has 0 amide bonds. The Hall–Kier alpha value is -0.0800. The lowest BCUT2D eigenvalue weighted by molar-refractivity contribution is 0.00875. The van der Waals surface area contributed by atoms with Crippen LogP contribution in [0.1, 0.15) is 142 Å². The predicted octanol–water partition coefficient (Wildman–Crippen LogP) is 8.21. The minimum Gasteiger partial charge on any atom is -0.396 e. The van der Waals surface area contributed by atoms with Crippen LogP contribution < -0.4 is 0 Å². The second kappa shape index (κ2) is 20.2. The fourth-order valence-corrected chi connectivity index (χ4v) is 4.67. The summed E-state index contributed by atoms with van der Waals surface area (Å²) in [6.07, 6.45) is 29.5. The zero-order valence-corrected chi connectivity index (χ0v) is 19.3. The van der Waals surface area contributed by atoms with Crippen molar-refractivity contribution in [2.75, 3.05) is 13.2 Å². The van der Waals surface area contributed by atoms with Crippen LogP contribution >= 0.6 is 0 Å². The van der Waals surface area contributed by atoms with Crippen LogP contribution in [0.15, 0.2) is 0 Å². The van der Waals surface area contributed by atoms with Gasteiger partial charge in [-0.3, -0.25) is 0 Å². The van der Waals surface area contributed by atoms with Gasteiger partial charge in [0.15, 0.2) is 0 Å². The molecule has 168 valence electrons. The van der Waals surface area contributed by atoms with E-state index in [2.05, 4.69) is 6.92 Å². The average molecular weight is 397 g/mol. The molecule has 1 saturated carbocycles. The second-order valence-corrected chi connectivity index (χ2v) is 9.29. The summed E-state index contributed by atoms with van der Waals surface area (Å²) in [6.45, 7) is 3.51. The zero-order valence-electron chi connectivity index (χ0n) is 19.3. The molecule has 0 aliphatic heterocycles. The van der Waals surface area contributed by atoms with Crippen molar-refractivity contribution in [3.05, 3.63) is 0 Å². The van der Waals surface area contributed by atoms with Crippen LogP contribution in [-0.2, 0) is 4.74 Å². The van der Waals surface area contributed by atoms with Gasteiger partial charge in [0.2, 0.25) is 0 Å². The first-order valence-electron chi connectivity index (χ1n) is 13.1. The third-order valence-electron chi connectivity index (χ3n) is 6.65. The molecule has 0 saturated heterocycles. The van der Waals surface area contributed by atoms with E-state index in [4.69, 9.17) is 4.74 Å². The van der Waals surface area contributed by atoms with Crippen molar-refractivity contribution in [3.63, 3.8) is 0 Å². The summed E-state index contributed by atoms with van der Waals surface area (Å²) in [7, 11) is 0. The molecule has 2 nitrogen and oxygen atoms in total. The maximum absolute atomic E-state index is 9.32. The predicted molar refractivity (Wildman–Crippen MR) is 123 cm³/mol. The van der Waals surface area contributed by atoms with Crippen molar-refractivity contribution in [2.24, 2.45) is 5.92 Å². The molecular weight excluding hydrogens is 344 g/mol. The normalized spacial score (nSPS) is 19.5. The van der Waals surface area contributed by atoms with Gasteiger partial charge in [-0.15, -0.1) is 0 Å². The molecule has 0 unspecified atom stereocenters. The summed E-state index contributed by atoms with van der Waals surface area (Å²) in [5, 5.41) is 9.32. The topological polar surface area (TPSA) is 29.5 Å². The zero-order chi connectivity index (χ0) is 20.1. The van der Waals surface area contributed by atoms with Crippen LogP contribution in [0.25, 0.3) is 0 Å². The first-order chi connectivity index (χ1) is 13.9. The van der Waals surface area contributed by atoms with Crippen LogP contribution in [0.2, 0.25) is 0 Å². The summed E-state index contributed by atoms with van der Waals surface area (Å²) in [5.41, 5.74) is 0. The Morgan fingerprint density at radius 1 is 0.607 bits per heavy atom. The van der Waals surface area contributed by atoms with E-state index in [1.807, 2.05) is 0 Å². The largest absolute Gasteiger partial charge is 0.396 e. The Bertz CT molecular complexity index is 305. The molecule has 0 aromatic rings. The Morgan fingerprint density at radius 2 is 1.04 bits per heavy atom. The fourth-order valence-electron chi connectivity index (χ4n) is 4.67. The number of ether oxygens (including phenoxy) is 1. The third kappa shape index (κ3) is 14.9. The number of rotatable bonds is 21. The maximum Gasteiger partial charge on any atom is 0.0625 e. The van der Waals surface area contributed by atoms with E-state index in [-0.39, 0.29) is 0 Å². The van der Waals surface area contributed by atoms with Gasteiger partial charge in [0.25, 0.3) is 0 Å². The highest BCUT2D eigenvalue weighted by molar-refractivity contribution is 4.77. The monoisotopic (exact) mass is 396 g/mol. The molecule has 28 heavy (non-hydrogen) atoms. The lowest BCUT2D eigenvalue weighted by Gasteiger charge is -2.18. The summed E-state index contributed by atoms with van der Waals surface area (Å²) in [6, 6.07) is 0. The Balaban J connectivity index is 1.68. The van der Waals surface area contributed by atoms with Gasteiger partial charge in [0.05, 0.1) is 6.10 Å². The van der Waals surface area contributed by atoms with Gasteiger partial charge < -0.3 is 9.84 Å². The number of aliphatic hydroxyl groups excluding tert-OH is 1. The van der Waals surface area contributed by atoms with Crippen molar-refractivity contribution in [2.45, 2.75) is 148 Å². The molecule has 0 aromatic heterocycles. The average Bonchev–Trinajstić information content (AvgIpc) is 3.17. The minimum atomic E-state index is 0.309. The third-order valence-corrected chi connectivity index (χ3v) is 6.65. The molecule has 1 aliphatic rings. The molecule has 1 N–H and O–H groups in total. The lowest BCUT2D eigenvalue weighted by Crippen LogP contribution is -2.21. The van der Waals surface area contributed by atoms with Crippen molar-refractivity contribution in [1.82, 2.24) is 0 Å². The summed E-state index contributed by atoms with van der Waals surface area (Å²) in [4.78, 5) is 0. The Morgan fingerprint density at radius 3 is 1.46 bits per heavy atom. The minimum absolute atomic E-state index is 0.309. The molecule has 1 rings (SSSR count). The highest BCUT2D eigenvalue weighted by Crippen LogP contribution is 2.28. The number of hydrogen-bond acceptors (Lipinski definition) is 2. The summed E-state index contributed by atoms with van der Waals surface area (Å²) in [5.74, 6) is 0.413. The standard InChI is InChI=1S/C26H52O2/c1-2-3-4-5-6-7-8-9-10-11-12-13-14-15-16-17-18-19-23-28-26-22-20-21-25(26)24-27/h25-27H,2-24H2,1H3/t25-,26-/m0/s1. The fraction of sp³-hybridized carbons (Fsp3) is 1.00. The van der Waals surface area contributed by atoms with Gasteiger partial charge >= 0.3 is 0 Å². The number of aliphatic hydroxyl groups is 1. The maximum atomic E-state index is 9.32. The van der Waals surface area contributed by atoms with Crippen LogP contribution in [0, 0.1) is 5.92 Å². The second-order valence-electron chi connectivity index (χ2n) is 9.29. The molecular formula is C26H52O2. The Kier molecular flexibility index (Phi) is 18.7. The lowest BCUT2D eigenvalue weighted by atomic mass is 10.0. The van der Waals surface area contributed by atoms with Gasteiger partial charge in [-0.05, 0) is 19.3 Å². The molecule has 2 atom stereocenters. The quantitative estimate of drug-likeness (QED) is 0.198. The molecule has 1 aliphatic carbocycles. The molecule has 0 aromatic carbocycles. The van der Waals surface area contributed by atoms with E-state index < -0.39 is 0 Å². The van der Waals surface area contributed by atoms with Gasteiger partial charge in [-0.1, -0.05) is 122 Å². The van der Waals surface area contributed by atoms with Crippen molar-refractivity contribution >= 4 is 0 Å². The highest BCUT2D eigenvalue weighted by atomic mass is 16.5. The first-order valence-corrected chi connectivity index (χ1v) is 13.1. The number of hydrogen-bond donors (Lipinski definition) is 1. The highest BCUT2D eigenvalue weighted by Gasteiger charge is 2.26. The van der Waals surface area contributed by atoms with Gasteiger partial charge in [-0.2, -0.15) is 0 Å². The molecule has 0 spiro atoms. The molecule has 0 bridgehead atoms. The summed E-state index contributed by atoms with van der Waals surface area (Å²) < 4.78 is 5.98. The van der Waals surface area contributed by atoms with E-state index >= 15 is 0 Å². The first kappa shape index (κ1) is 26.0. The van der Waals surface area contributed by atoms with E-state index in [9.17, 15) is 5.11 Å². The van der Waals surface area contributed by atoms with Crippen LogP contribution in [0.5, 0.6) is 0 Å².